The summed E-state index contributed by atoms with van der Waals surface area (Å²) in [6.07, 6.45) is 0.211. The number of rotatable bonds is 3. The van der Waals surface area contributed by atoms with E-state index in [0.717, 1.165) is 10.9 Å². The molecule has 2 heteroatoms. The van der Waals surface area contributed by atoms with Gasteiger partial charge in [-0.25, -0.2) is 0 Å². The Bertz CT molecular complexity index is 526. The van der Waals surface area contributed by atoms with Crippen molar-refractivity contribution in [1.82, 2.24) is 0 Å². The van der Waals surface area contributed by atoms with Crippen molar-refractivity contribution in [2.75, 3.05) is 0 Å². The summed E-state index contributed by atoms with van der Waals surface area (Å²) in [6.45, 7) is 3.72. The first-order valence-corrected chi connectivity index (χ1v) is 5.89. The fourth-order valence-corrected chi connectivity index (χ4v) is 1.95. The van der Waals surface area contributed by atoms with Crippen molar-refractivity contribution in [1.29, 1.82) is 0 Å². The van der Waals surface area contributed by atoms with Crippen LogP contribution in [0, 0.1) is 0 Å². The molecular weight excluding hydrogens is 212 g/mol. The Kier molecular flexibility index (Phi) is 3.43. The maximum atomic E-state index is 11.3. The first-order valence-electron chi connectivity index (χ1n) is 5.89. The monoisotopic (exact) mass is 228 g/mol. The van der Waals surface area contributed by atoms with E-state index in [1.165, 1.54) is 5.39 Å². The lowest BCUT2D eigenvalue weighted by Gasteiger charge is -2.15. The summed E-state index contributed by atoms with van der Waals surface area (Å²) in [5, 5.41) is 2.32. The summed E-state index contributed by atoms with van der Waals surface area (Å²) in [7, 11) is 0. The predicted molar refractivity (Wildman–Crippen MR) is 68.7 cm³/mol. The van der Waals surface area contributed by atoms with E-state index < -0.39 is 0 Å². The first kappa shape index (κ1) is 11.6. The molecule has 0 spiro atoms. The second-order valence-electron chi connectivity index (χ2n) is 4.05. The largest absolute Gasteiger partial charge is 0.458 e. The number of ether oxygens (including phenoxy) is 1. The minimum absolute atomic E-state index is 0.162. The van der Waals surface area contributed by atoms with E-state index in [1.807, 2.05) is 31.2 Å². The Morgan fingerprint density at radius 1 is 1.18 bits per heavy atom. The number of carbonyl (C=O) groups is 1. The van der Waals surface area contributed by atoms with E-state index in [-0.39, 0.29) is 12.1 Å². The van der Waals surface area contributed by atoms with Crippen molar-refractivity contribution in [3.8, 4) is 0 Å². The van der Waals surface area contributed by atoms with Crippen LogP contribution in [-0.4, -0.2) is 5.97 Å². The molecule has 0 saturated carbocycles. The van der Waals surface area contributed by atoms with Gasteiger partial charge in [-0.15, -0.1) is 0 Å². The summed E-state index contributed by atoms with van der Waals surface area (Å²) in [4.78, 5) is 11.3. The number of carbonyl (C=O) groups excluding carboxylic acids is 1. The van der Waals surface area contributed by atoms with Crippen LogP contribution in [0.2, 0.25) is 0 Å². The molecule has 2 aromatic carbocycles. The highest BCUT2D eigenvalue weighted by atomic mass is 16.5. The molecule has 0 radical (unpaired) electrons. The fraction of sp³-hybridized carbons (Fsp3) is 0.267. The van der Waals surface area contributed by atoms with Crippen molar-refractivity contribution < 1.29 is 9.53 Å². The van der Waals surface area contributed by atoms with E-state index in [2.05, 4.69) is 18.2 Å². The molecule has 0 heterocycles. The summed E-state index contributed by atoms with van der Waals surface area (Å²) in [6, 6.07) is 14.2. The second kappa shape index (κ2) is 5.00. The van der Waals surface area contributed by atoms with Gasteiger partial charge in [0.25, 0.3) is 0 Å². The third-order valence-corrected chi connectivity index (χ3v) is 2.86. The lowest BCUT2D eigenvalue weighted by atomic mass is 10.0. The molecule has 88 valence electrons. The second-order valence-corrected chi connectivity index (χ2v) is 4.05. The quantitative estimate of drug-likeness (QED) is 0.746. The average molecular weight is 228 g/mol. The molecule has 17 heavy (non-hydrogen) atoms. The summed E-state index contributed by atoms with van der Waals surface area (Å²) >= 11 is 0. The molecule has 0 fully saturated rings. The molecule has 1 atom stereocenters. The van der Waals surface area contributed by atoms with Crippen LogP contribution in [0.3, 0.4) is 0 Å². The maximum absolute atomic E-state index is 11.3. The number of hydrogen-bond acceptors (Lipinski definition) is 2. The maximum Gasteiger partial charge on any atom is 0.306 e. The van der Waals surface area contributed by atoms with Crippen LogP contribution < -0.4 is 0 Å². The van der Waals surface area contributed by atoms with Crippen LogP contribution in [0.4, 0.5) is 0 Å². The van der Waals surface area contributed by atoms with E-state index in [4.69, 9.17) is 4.74 Å². The Morgan fingerprint density at radius 2 is 1.88 bits per heavy atom. The van der Waals surface area contributed by atoms with Crippen LogP contribution in [0.15, 0.2) is 42.5 Å². The van der Waals surface area contributed by atoms with Crippen LogP contribution in [0.25, 0.3) is 10.8 Å². The average Bonchev–Trinajstić information content (AvgIpc) is 2.37. The molecule has 0 aromatic heterocycles. The molecule has 0 bridgehead atoms. The third-order valence-electron chi connectivity index (χ3n) is 2.86. The number of esters is 1. The zero-order valence-corrected chi connectivity index (χ0v) is 10.1. The van der Waals surface area contributed by atoms with Crippen molar-refractivity contribution >= 4 is 16.7 Å². The first-order chi connectivity index (χ1) is 8.22. The van der Waals surface area contributed by atoms with Crippen LogP contribution in [0.5, 0.6) is 0 Å². The molecule has 2 aromatic rings. The lowest BCUT2D eigenvalue weighted by Crippen LogP contribution is -2.07. The molecule has 0 saturated heterocycles. The van der Waals surface area contributed by atoms with E-state index in [9.17, 15) is 4.79 Å². The van der Waals surface area contributed by atoms with Gasteiger partial charge in [0.15, 0.2) is 0 Å². The van der Waals surface area contributed by atoms with E-state index >= 15 is 0 Å². The standard InChI is InChI=1S/C15H16O2/c1-3-15(16)17-11(2)13-10-6-8-12-7-4-5-9-14(12)13/h4-11H,3H2,1-2H3/t11-/m0/s1. The normalized spacial score (nSPS) is 12.4. The molecule has 0 aliphatic rings. The van der Waals surface area contributed by atoms with Gasteiger partial charge >= 0.3 is 5.97 Å². The van der Waals surface area contributed by atoms with Gasteiger partial charge in [-0.05, 0) is 23.3 Å². The predicted octanol–water partition coefficient (Wildman–Crippen LogP) is 3.85. The summed E-state index contributed by atoms with van der Waals surface area (Å²) < 4.78 is 5.35. The molecular formula is C15H16O2. The van der Waals surface area contributed by atoms with Gasteiger partial charge in [0, 0.05) is 6.42 Å². The fourth-order valence-electron chi connectivity index (χ4n) is 1.95. The Balaban J connectivity index is 2.38. The SMILES string of the molecule is CCC(=O)O[C@@H](C)c1cccc2ccccc12. The van der Waals surface area contributed by atoms with Crippen molar-refractivity contribution in [2.24, 2.45) is 0 Å². The molecule has 2 rings (SSSR count). The highest BCUT2D eigenvalue weighted by Gasteiger charge is 2.12. The van der Waals surface area contributed by atoms with Gasteiger partial charge in [-0.3, -0.25) is 4.79 Å². The lowest BCUT2D eigenvalue weighted by molar-refractivity contribution is -0.148. The Morgan fingerprint density at radius 3 is 2.65 bits per heavy atom. The van der Waals surface area contributed by atoms with Gasteiger partial charge in [0.05, 0.1) is 0 Å². The van der Waals surface area contributed by atoms with E-state index in [0.29, 0.717) is 6.42 Å². The Labute approximate surface area is 101 Å². The molecule has 0 aliphatic carbocycles. The van der Waals surface area contributed by atoms with Gasteiger partial charge in [0.1, 0.15) is 6.10 Å². The molecule has 0 amide bonds. The van der Waals surface area contributed by atoms with Gasteiger partial charge < -0.3 is 4.74 Å². The van der Waals surface area contributed by atoms with Crippen LogP contribution >= 0.6 is 0 Å². The minimum atomic E-state index is -0.200. The Hall–Kier alpha value is -1.83. The highest BCUT2D eigenvalue weighted by molar-refractivity contribution is 5.86. The molecule has 2 nitrogen and oxygen atoms in total. The van der Waals surface area contributed by atoms with Gasteiger partial charge in [0.2, 0.25) is 0 Å². The summed E-state index contributed by atoms with van der Waals surface area (Å²) in [5.74, 6) is -0.162. The molecule has 0 aliphatic heterocycles. The zero-order valence-electron chi connectivity index (χ0n) is 10.1. The van der Waals surface area contributed by atoms with Crippen molar-refractivity contribution in [3.63, 3.8) is 0 Å². The van der Waals surface area contributed by atoms with Gasteiger partial charge in [-0.2, -0.15) is 0 Å². The van der Waals surface area contributed by atoms with Crippen LogP contribution in [0.1, 0.15) is 31.9 Å². The third kappa shape index (κ3) is 2.47. The summed E-state index contributed by atoms with van der Waals surface area (Å²) in [5.41, 5.74) is 1.06. The van der Waals surface area contributed by atoms with Crippen LogP contribution in [-0.2, 0) is 9.53 Å². The minimum Gasteiger partial charge on any atom is -0.458 e. The number of fused-ring (bicyclic) bond motifs is 1. The topological polar surface area (TPSA) is 26.3 Å². The molecule has 0 N–H and O–H groups in total. The smallest absolute Gasteiger partial charge is 0.306 e. The number of hydrogen-bond donors (Lipinski definition) is 0. The number of benzene rings is 2. The van der Waals surface area contributed by atoms with Gasteiger partial charge in [-0.1, -0.05) is 49.4 Å². The van der Waals surface area contributed by atoms with Crippen molar-refractivity contribution in [3.05, 3.63) is 48.0 Å². The van der Waals surface area contributed by atoms with Crippen molar-refractivity contribution in [2.45, 2.75) is 26.4 Å². The van der Waals surface area contributed by atoms with E-state index in [1.54, 1.807) is 6.92 Å². The zero-order chi connectivity index (χ0) is 12.3. The highest BCUT2D eigenvalue weighted by Crippen LogP contribution is 2.26. The molecule has 0 unspecified atom stereocenters.